The van der Waals surface area contributed by atoms with Crippen LogP contribution in [0.1, 0.15) is 75.5 Å². The molecule has 0 heterocycles. The molecule has 31 heavy (non-hydrogen) atoms. The Hall–Kier alpha value is -2.34. The summed E-state index contributed by atoms with van der Waals surface area (Å²) in [7, 11) is 1.59. The predicted molar refractivity (Wildman–Crippen MR) is 123 cm³/mol. The van der Waals surface area contributed by atoms with Crippen molar-refractivity contribution >= 4 is 0 Å². The Balaban J connectivity index is 1.62. The fourth-order valence-electron chi connectivity index (χ4n) is 4.75. The number of hydrogen-bond acceptors (Lipinski definition) is 1. The average Bonchev–Trinajstić information content (AvgIpc) is 2.78. The molecule has 1 aliphatic rings. The van der Waals surface area contributed by atoms with Crippen LogP contribution in [0.25, 0.3) is 0 Å². The van der Waals surface area contributed by atoms with Gasteiger partial charge in [0.15, 0.2) is 0 Å². The average molecular weight is 425 g/mol. The van der Waals surface area contributed by atoms with Crippen molar-refractivity contribution in [3.05, 3.63) is 64.7 Å². The molecule has 1 nitrogen and oxygen atoms in total. The molecular weight excluding hydrogens is 390 g/mol. The van der Waals surface area contributed by atoms with E-state index in [0.717, 1.165) is 17.2 Å². The Morgan fingerprint density at radius 3 is 2.23 bits per heavy atom. The van der Waals surface area contributed by atoms with Crippen molar-refractivity contribution in [2.45, 2.75) is 65.2 Å². The molecule has 1 aliphatic carbocycles. The topological polar surface area (TPSA) is 9.23 Å². The fourth-order valence-corrected chi connectivity index (χ4v) is 4.75. The molecule has 0 saturated heterocycles. The van der Waals surface area contributed by atoms with Crippen molar-refractivity contribution in [3.8, 4) is 17.6 Å². The van der Waals surface area contributed by atoms with Crippen LogP contribution in [0, 0.1) is 41.2 Å². The molecule has 1 atom stereocenters. The van der Waals surface area contributed by atoms with E-state index in [9.17, 15) is 8.78 Å². The van der Waals surface area contributed by atoms with Gasteiger partial charge < -0.3 is 4.74 Å². The van der Waals surface area contributed by atoms with E-state index < -0.39 is 11.6 Å². The van der Waals surface area contributed by atoms with E-state index in [0.29, 0.717) is 23.8 Å². The molecular formula is C28H34F2O. The summed E-state index contributed by atoms with van der Waals surface area (Å²) < 4.78 is 34.4. The molecule has 2 aromatic carbocycles. The molecule has 0 bridgehead atoms. The van der Waals surface area contributed by atoms with E-state index in [1.165, 1.54) is 57.1 Å². The summed E-state index contributed by atoms with van der Waals surface area (Å²) in [5.41, 5.74) is 1.25. The Kier molecular flexibility index (Phi) is 8.52. The van der Waals surface area contributed by atoms with Gasteiger partial charge in [-0.05, 0) is 79.0 Å². The number of rotatable bonds is 7. The van der Waals surface area contributed by atoms with E-state index in [-0.39, 0.29) is 5.56 Å². The van der Waals surface area contributed by atoms with Gasteiger partial charge in [-0.2, -0.15) is 0 Å². The Morgan fingerprint density at radius 2 is 1.65 bits per heavy atom. The summed E-state index contributed by atoms with van der Waals surface area (Å²) in [6.45, 7) is 4.48. The molecule has 1 saturated carbocycles. The summed E-state index contributed by atoms with van der Waals surface area (Å²) >= 11 is 0. The van der Waals surface area contributed by atoms with Crippen molar-refractivity contribution in [1.82, 2.24) is 0 Å². The summed E-state index contributed by atoms with van der Waals surface area (Å²) in [6.07, 6.45) is 9.76. The lowest BCUT2D eigenvalue weighted by Crippen LogP contribution is -2.21. The Labute approximate surface area is 186 Å². The maximum Gasteiger partial charge on any atom is 0.142 e. The molecule has 166 valence electrons. The number of ether oxygens (including phenoxy) is 1. The second-order valence-electron chi connectivity index (χ2n) is 9.02. The molecule has 1 unspecified atom stereocenters. The second-order valence-corrected chi connectivity index (χ2v) is 9.02. The summed E-state index contributed by atoms with van der Waals surface area (Å²) in [6, 6.07) is 10.0. The first-order valence-electron chi connectivity index (χ1n) is 11.6. The fraction of sp³-hybridized carbons (Fsp3) is 0.500. The van der Waals surface area contributed by atoms with E-state index >= 15 is 0 Å². The Bertz CT molecular complexity index is 876. The molecule has 3 heteroatoms. The van der Waals surface area contributed by atoms with Gasteiger partial charge in [0.1, 0.15) is 17.4 Å². The first kappa shape index (κ1) is 23.3. The number of halogens is 2. The summed E-state index contributed by atoms with van der Waals surface area (Å²) in [4.78, 5) is 0. The SMILES string of the molecule is CCCCC1CCC(C(C)Cc2cc(F)c(C#Cc3ccc(OC)cc3)c(F)c2)CC1. The summed E-state index contributed by atoms with van der Waals surface area (Å²) in [5.74, 6) is 7.02. The molecule has 3 rings (SSSR count). The third kappa shape index (κ3) is 6.57. The van der Waals surface area contributed by atoms with E-state index in [2.05, 4.69) is 25.7 Å². The highest BCUT2D eigenvalue weighted by Gasteiger charge is 2.25. The first-order valence-corrected chi connectivity index (χ1v) is 11.6. The zero-order valence-electron chi connectivity index (χ0n) is 19.0. The van der Waals surface area contributed by atoms with Crippen LogP contribution in [0.4, 0.5) is 8.78 Å². The first-order chi connectivity index (χ1) is 15.0. The van der Waals surface area contributed by atoms with Gasteiger partial charge in [-0.1, -0.05) is 57.8 Å². The van der Waals surface area contributed by atoms with E-state index in [4.69, 9.17) is 4.74 Å². The van der Waals surface area contributed by atoms with Crippen molar-refractivity contribution in [2.24, 2.45) is 17.8 Å². The standard InChI is InChI=1S/C28H34F2O/c1-4-5-6-21-7-12-24(13-8-21)20(2)17-23-18-27(29)26(28(30)19-23)16-11-22-9-14-25(31-3)15-10-22/h9-10,14-15,18-21,24H,4-8,12-13,17H2,1-3H3. The number of unbranched alkanes of at least 4 members (excludes halogenated alkanes) is 1. The quantitative estimate of drug-likeness (QED) is 0.417. The monoisotopic (exact) mass is 424 g/mol. The van der Waals surface area contributed by atoms with Gasteiger partial charge in [0.25, 0.3) is 0 Å². The molecule has 0 aliphatic heterocycles. The van der Waals surface area contributed by atoms with Crippen molar-refractivity contribution < 1.29 is 13.5 Å². The maximum absolute atomic E-state index is 14.6. The van der Waals surface area contributed by atoms with Gasteiger partial charge in [-0.25, -0.2) is 8.78 Å². The van der Waals surface area contributed by atoms with Crippen LogP contribution < -0.4 is 4.74 Å². The molecule has 1 fully saturated rings. The number of methoxy groups -OCH3 is 1. The predicted octanol–water partition coefficient (Wildman–Crippen LogP) is 7.55. The van der Waals surface area contributed by atoms with Crippen LogP contribution >= 0.6 is 0 Å². The van der Waals surface area contributed by atoms with Crippen molar-refractivity contribution in [2.75, 3.05) is 7.11 Å². The third-order valence-corrected chi connectivity index (χ3v) is 6.74. The largest absolute Gasteiger partial charge is 0.497 e. The maximum atomic E-state index is 14.6. The molecule has 0 spiro atoms. The Morgan fingerprint density at radius 1 is 1.00 bits per heavy atom. The van der Waals surface area contributed by atoms with Crippen LogP contribution in [0.15, 0.2) is 36.4 Å². The molecule has 0 N–H and O–H groups in total. The second kappa shape index (κ2) is 11.3. The zero-order chi connectivity index (χ0) is 22.2. The normalized spacial score (nSPS) is 19.4. The van der Waals surface area contributed by atoms with Gasteiger partial charge in [0, 0.05) is 5.56 Å². The highest BCUT2D eigenvalue weighted by Crippen LogP contribution is 2.37. The minimum absolute atomic E-state index is 0.163. The zero-order valence-corrected chi connectivity index (χ0v) is 19.0. The lowest BCUT2D eigenvalue weighted by molar-refractivity contribution is 0.204. The van der Waals surface area contributed by atoms with Crippen LogP contribution in [0.5, 0.6) is 5.75 Å². The van der Waals surface area contributed by atoms with Crippen LogP contribution in [0.3, 0.4) is 0 Å². The van der Waals surface area contributed by atoms with Crippen molar-refractivity contribution in [1.29, 1.82) is 0 Å². The highest BCUT2D eigenvalue weighted by atomic mass is 19.1. The van der Waals surface area contributed by atoms with Crippen LogP contribution in [-0.4, -0.2) is 7.11 Å². The van der Waals surface area contributed by atoms with Gasteiger partial charge >= 0.3 is 0 Å². The minimum Gasteiger partial charge on any atom is -0.497 e. The summed E-state index contributed by atoms with van der Waals surface area (Å²) in [5, 5.41) is 0. The van der Waals surface area contributed by atoms with Crippen LogP contribution in [-0.2, 0) is 6.42 Å². The van der Waals surface area contributed by atoms with Gasteiger partial charge in [-0.15, -0.1) is 0 Å². The lowest BCUT2D eigenvalue weighted by atomic mass is 9.73. The molecule has 0 amide bonds. The number of hydrogen-bond donors (Lipinski definition) is 0. The molecule has 0 radical (unpaired) electrons. The number of benzene rings is 2. The minimum atomic E-state index is -0.577. The molecule has 2 aromatic rings. The van der Waals surface area contributed by atoms with E-state index in [1.807, 2.05) is 0 Å². The van der Waals surface area contributed by atoms with Gasteiger partial charge in [0.2, 0.25) is 0 Å². The van der Waals surface area contributed by atoms with Crippen LogP contribution in [0.2, 0.25) is 0 Å². The smallest absolute Gasteiger partial charge is 0.142 e. The van der Waals surface area contributed by atoms with E-state index in [1.54, 1.807) is 31.4 Å². The lowest BCUT2D eigenvalue weighted by Gasteiger charge is -2.32. The highest BCUT2D eigenvalue weighted by molar-refractivity contribution is 5.46. The van der Waals surface area contributed by atoms with Gasteiger partial charge in [-0.3, -0.25) is 0 Å². The van der Waals surface area contributed by atoms with Crippen molar-refractivity contribution in [3.63, 3.8) is 0 Å². The molecule has 0 aromatic heterocycles. The van der Waals surface area contributed by atoms with Gasteiger partial charge in [0.05, 0.1) is 12.7 Å². The third-order valence-electron chi connectivity index (χ3n) is 6.74.